The molecule has 0 unspecified atom stereocenters. The number of aromatic nitrogens is 3. The van der Waals surface area contributed by atoms with E-state index in [2.05, 4.69) is 25.7 Å². The Labute approximate surface area is 107 Å². The summed E-state index contributed by atoms with van der Waals surface area (Å²) in [7, 11) is 0. The Morgan fingerprint density at radius 3 is 2.61 bits per heavy atom. The molecule has 2 rings (SSSR count). The van der Waals surface area contributed by atoms with Crippen molar-refractivity contribution in [3.05, 3.63) is 41.6 Å². The average Bonchev–Trinajstić information content (AvgIpc) is 2.39. The highest BCUT2D eigenvalue weighted by Crippen LogP contribution is 2.19. The molecule has 0 saturated heterocycles. The van der Waals surface area contributed by atoms with E-state index in [1.165, 1.54) is 31.0 Å². The minimum atomic E-state index is -0.359. The van der Waals surface area contributed by atoms with Crippen molar-refractivity contribution in [3.8, 4) is 0 Å². The lowest BCUT2D eigenvalue weighted by Gasteiger charge is -2.06. The lowest BCUT2D eigenvalue weighted by Crippen LogP contribution is -2.14. The molecule has 7 nitrogen and oxygen atoms in total. The quantitative estimate of drug-likeness (QED) is 0.565. The van der Waals surface area contributed by atoms with E-state index in [1.54, 1.807) is 0 Å². The normalized spacial score (nSPS) is 9.89. The summed E-state index contributed by atoms with van der Waals surface area (Å²) in [6.45, 7) is 0. The molecule has 0 saturated carbocycles. The third-order valence-electron chi connectivity index (χ3n) is 2.06. The number of carbonyl (C=O) groups is 1. The van der Waals surface area contributed by atoms with E-state index in [-0.39, 0.29) is 10.9 Å². The van der Waals surface area contributed by atoms with Gasteiger partial charge in [0.2, 0.25) is 0 Å². The van der Waals surface area contributed by atoms with Crippen molar-refractivity contribution in [1.29, 1.82) is 0 Å². The minimum absolute atomic E-state index is 0.259. The van der Waals surface area contributed by atoms with Crippen LogP contribution in [0.5, 0.6) is 0 Å². The van der Waals surface area contributed by atoms with Crippen molar-refractivity contribution in [2.45, 2.75) is 0 Å². The van der Waals surface area contributed by atoms with Gasteiger partial charge in [-0.05, 0) is 6.07 Å². The molecule has 0 radical (unpaired) electrons. The van der Waals surface area contributed by atoms with E-state index in [1.807, 2.05) is 0 Å². The number of hydrogen-bond donors (Lipinski definition) is 3. The summed E-state index contributed by atoms with van der Waals surface area (Å²) >= 11 is 5.87. The summed E-state index contributed by atoms with van der Waals surface area (Å²) in [5.41, 5.74) is 3.11. The van der Waals surface area contributed by atoms with Crippen LogP contribution in [0.1, 0.15) is 10.4 Å². The average molecular weight is 265 g/mol. The molecule has 0 bridgehead atoms. The lowest BCUT2D eigenvalue weighted by atomic mass is 10.2. The molecule has 0 spiro atoms. The third-order valence-corrected chi connectivity index (χ3v) is 2.35. The number of nitrogen functional groups attached to an aromatic ring is 1. The van der Waals surface area contributed by atoms with Crippen LogP contribution < -0.4 is 16.6 Å². The van der Waals surface area contributed by atoms with E-state index >= 15 is 0 Å². The number of nitrogens with two attached hydrogens (primary N) is 1. The SMILES string of the molecule is NNc1ncc(C(=O)Nc2cncnc2)cc1Cl. The van der Waals surface area contributed by atoms with Gasteiger partial charge in [-0.1, -0.05) is 11.6 Å². The van der Waals surface area contributed by atoms with Crippen LogP contribution in [0.25, 0.3) is 0 Å². The Balaban J connectivity index is 2.17. The predicted octanol–water partition coefficient (Wildman–Crippen LogP) is 1.06. The second-order valence-corrected chi connectivity index (χ2v) is 3.69. The topological polar surface area (TPSA) is 106 Å². The molecule has 1 amide bonds. The van der Waals surface area contributed by atoms with Crippen LogP contribution in [-0.2, 0) is 0 Å². The number of amides is 1. The molecular weight excluding hydrogens is 256 g/mol. The van der Waals surface area contributed by atoms with Crippen LogP contribution >= 0.6 is 11.6 Å². The van der Waals surface area contributed by atoms with E-state index in [4.69, 9.17) is 17.4 Å². The Kier molecular flexibility index (Phi) is 3.66. The van der Waals surface area contributed by atoms with Gasteiger partial charge in [-0.3, -0.25) is 4.79 Å². The number of nitrogens with one attached hydrogen (secondary N) is 2. The van der Waals surface area contributed by atoms with Crippen LogP contribution in [-0.4, -0.2) is 20.9 Å². The first-order valence-corrected chi connectivity index (χ1v) is 5.27. The van der Waals surface area contributed by atoms with Crippen molar-refractivity contribution in [1.82, 2.24) is 15.0 Å². The summed E-state index contributed by atoms with van der Waals surface area (Å²) in [5.74, 6) is 5.13. The smallest absolute Gasteiger partial charge is 0.257 e. The number of anilines is 2. The van der Waals surface area contributed by atoms with Crippen LogP contribution in [0, 0.1) is 0 Å². The molecule has 18 heavy (non-hydrogen) atoms. The van der Waals surface area contributed by atoms with Gasteiger partial charge in [0.15, 0.2) is 5.82 Å². The van der Waals surface area contributed by atoms with Gasteiger partial charge in [0, 0.05) is 6.20 Å². The number of halogens is 1. The molecule has 2 heterocycles. The Morgan fingerprint density at radius 2 is 2.00 bits per heavy atom. The van der Waals surface area contributed by atoms with Gasteiger partial charge in [0.05, 0.1) is 28.7 Å². The second-order valence-electron chi connectivity index (χ2n) is 3.28. The summed E-state index contributed by atoms with van der Waals surface area (Å²) in [6.07, 6.45) is 5.70. The zero-order valence-corrected chi connectivity index (χ0v) is 9.85. The molecule has 2 aromatic heterocycles. The molecule has 0 fully saturated rings. The van der Waals surface area contributed by atoms with Crippen LogP contribution in [0.4, 0.5) is 11.5 Å². The second kappa shape index (κ2) is 5.39. The monoisotopic (exact) mass is 264 g/mol. The number of rotatable bonds is 3. The highest BCUT2D eigenvalue weighted by molar-refractivity contribution is 6.33. The highest BCUT2D eigenvalue weighted by atomic mass is 35.5. The van der Waals surface area contributed by atoms with Gasteiger partial charge in [0.1, 0.15) is 6.33 Å². The first-order chi connectivity index (χ1) is 8.70. The number of hydrazine groups is 1. The standard InChI is InChI=1S/C10H9ClN6O/c11-8-1-6(2-15-9(8)17-12)10(18)16-7-3-13-5-14-4-7/h1-5H,12H2,(H,15,17)(H,16,18). The van der Waals surface area contributed by atoms with Crippen LogP contribution in [0.3, 0.4) is 0 Å². The molecule has 0 aromatic carbocycles. The molecule has 0 atom stereocenters. The summed E-state index contributed by atoms with van der Waals surface area (Å²) < 4.78 is 0. The van der Waals surface area contributed by atoms with Crippen molar-refractivity contribution in [3.63, 3.8) is 0 Å². The number of hydrogen-bond acceptors (Lipinski definition) is 6. The van der Waals surface area contributed by atoms with Gasteiger partial charge >= 0.3 is 0 Å². The van der Waals surface area contributed by atoms with Crippen molar-refractivity contribution in [2.24, 2.45) is 5.84 Å². The zero-order valence-electron chi connectivity index (χ0n) is 9.09. The number of nitrogens with zero attached hydrogens (tertiary/aromatic N) is 3. The highest BCUT2D eigenvalue weighted by Gasteiger charge is 2.09. The summed E-state index contributed by atoms with van der Waals surface area (Å²) in [5, 5.41) is 2.87. The molecule has 4 N–H and O–H groups in total. The summed E-state index contributed by atoms with van der Waals surface area (Å²) in [6, 6.07) is 1.46. The fourth-order valence-corrected chi connectivity index (χ4v) is 1.46. The van der Waals surface area contributed by atoms with Gasteiger partial charge < -0.3 is 10.7 Å². The van der Waals surface area contributed by atoms with E-state index in [0.717, 1.165) is 0 Å². The van der Waals surface area contributed by atoms with Gasteiger partial charge in [-0.15, -0.1) is 0 Å². The Hall–Kier alpha value is -2.25. The van der Waals surface area contributed by atoms with Crippen molar-refractivity contribution >= 4 is 29.0 Å². The molecule has 0 aliphatic heterocycles. The van der Waals surface area contributed by atoms with Gasteiger partial charge in [0.25, 0.3) is 5.91 Å². The van der Waals surface area contributed by atoms with Crippen molar-refractivity contribution in [2.75, 3.05) is 10.7 Å². The maximum absolute atomic E-state index is 11.8. The van der Waals surface area contributed by atoms with Crippen LogP contribution in [0.15, 0.2) is 31.0 Å². The Bertz CT molecular complexity index is 562. The largest absolute Gasteiger partial charge is 0.319 e. The lowest BCUT2D eigenvalue weighted by molar-refractivity contribution is 0.102. The molecule has 0 aliphatic carbocycles. The molecule has 92 valence electrons. The summed E-state index contributed by atoms with van der Waals surface area (Å²) in [4.78, 5) is 23.3. The third kappa shape index (κ3) is 2.70. The molecule has 8 heteroatoms. The maximum Gasteiger partial charge on any atom is 0.257 e. The van der Waals surface area contributed by atoms with Gasteiger partial charge in [-0.2, -0.15) is 0 Å². The molecular formula is C10H9ClN6O. The maximum atomic E-state index is 11.8. The van der Waals surface area contributed by atoms with E-state index in [9.17, 15) is 4.79 Å². The minimum Gasteiger partial charge on any atom is -0.319 e. The first kappa shape index (κ1) is 12.2. The van der Waals surface area contributed by atoms with Crippen LogP contribution in [0.2, 0.25) is 5.02 Å². The fraction of sp³-hybridized carbons (Fsp3) is 0. The van der Waals surface area contributed by atoms with E-state index < -0.39 is 0 Å². The van der Waals surface area contributed by atoms with Crippen molar-refractivity contribution < 1.29 is 4.79 Å². The number of carbonyl (C=O) groups excluding carboxylic acids is 1. The molecule has 0 aliphatic rings. The fourth-order valence-electron chi connectivity index (χ4n) is 1.24. The zero-order chi connectivity index (χ0) is 13.0. The van der Waals surface area contributed by atoms with Gasteiger partial charge in [-0.25, -0.2) is 20.8 Å². The Morgan fingerprint density at radius 1 is 1.28 bits per heavy atom. The first-order valence-electron chi connectivity index (χ1n) is 4.89. The number of pyridine rings is 1. The van der Waals surface area contributed by atoms with E-state index in [0.29, 0.717) is 17.1 Å². The molecule has 2 aromatic rings. The predicted molar refractivity (Wildman–Crippen MR) is 67.0 cm³/mol.